The Kier molecular flexibility index (Phi) is 5.37. The quantitative estimate of drug-likeness (QED) is 0.887. The summed E-state index contributed by atoms with van der Waals surface area (Å²) in [5.41, 5.74) is 6.69. The summed E-state index contributed by atoms with van der Waals surface area (Å²) in [7, 11) is 1.62. The van der Waals surface area contributed by atoms with Gasteiger partial charge in [-0.2, -0.15) is 4.98 Å². The van der Waals surface area contributed by atoms with Crippen LogP contribution >= 0.6 is 23.2 Å². The molecule has 0 aliphatic carbocycles. The Balaban J connectivity index is 2.10. The van der Waals surface area contributed by atoms with Crippen molar-refractivity contribution in [2.45, 2.75) is 18.9 Å². The summed E-state index contributed by atoms with van der Waals surface area (Å²) in [5.74, 6) is 0.892. The summed E-state index contributed by atoms with van der Waals surface area (Å²) in [5, 5.41) is 5.05. The van der Waals surface area contributed by atoms with Gasteiger partial charge in [-0.3, -0.25) is 0 Å². The maximum Gasteiger partial charge on any atom is 0.243 e. The number of hydrogen-bond donors (Lipinski definition) is 1. The predicted octanol–water partition coefficient (Wildman–Crippen LogP) is 3.00. The SMILES string of the molecule is COCCC(N)c1nc(Cc2c(Cl)cccc2Cl)no1. The fourth-order valence-corrected chi connectivity index (χ4v) is 2.25. The molecule has 0 aliphatic heterocycles. The molecule has 5 nitrogen and oxygen atoms in total. The smallest absolute Gasteiger partial charge is 0.243 e. The molecule has 0 spiro atoms. The van der Waals surface area contributed by atoms with Gasteiger partial charge in [0.25, 0.3) is 0 Å². The van der Waals surface area contributed by atoms with E-state index in [2.05, 4.69) is 10.1 Å². The van der Waals surface area contributed by atoms with Gasteiger partial charge in [-0.15, -0.1) is 0 Å². The highest BCUT2D eigenvalue weighted by molar-refractivity contribution is 6.36. The van der Waals surface area contributed by atoms with Crippen LogP contribution in [0.1, 0.15) is 29.7 Å². The van der Waals surface area contributed by atoms with Crippen molar-refractivity contribution in [3.63, 3.8) is 0 Å². The van der Waals surface area contributed by atoms with Crippen LogP contribution < -0.4 is 5.73 Å². The molecule has 2 N–H and O–H groups in total. The van der Waals surface area contributed by atoms with Crippen LogP contribution in [0.15, 0.2) is 22.7 Å². The maximum atomic E-state index is 6.11. The Hall–Kier alpha value is -1.14. The van der Waals surface area contributed by atoms with Crippen LogP contribution in [-0.2, 0) is 11.2 Å². The molecule has 20 heavy (non-hydrogen) atoms. The summed E-state index contributed by atoms with van der Waals surface area (Å²) in [6.07, 6.45) is 1.02. The van der Waals surface area contributed by atoms with Gasteiger partial charge < -0.3 is 15.0 Å². The molecule has 0 aliphatic rings. The number of ether oxygens (including phenoxy) is 1. The number of aromatic nitrogens is 2. The lowest BCUT2D eigenvalue weighted by Crippen LogP contribution is -2.13. The molecule has 1 aromatic heterocycles. The number of halogens is 2. The van der Waals surface area contributed by atoms with Crippen molar-refractivity contribution in [3.05, 3.63) is 45.5 Å². The van der Waals surface area contributed by atoms with Crippen LogP contribution in [0.25, 0.3) is 0 Å². The van der Waals surface area contributed by atoms with E-state index in [0.717, 1.165) is 5.56 Å². The number of methoxy groups -OCH3 is 1. The van der Waals surface area contributed by atoms with E-state index in [9.17, 15) is 0 Å². The Morgan fingerprint density at radius 1 is 1.35 bits per heavy atom. The van der Waals surface area contributed by atoms with E-state index in [1.54, 1.807) is 25.3 Å². The minimum absolute atomic E-state index is 0.335. The molecule has 1 unspecified atom stereocenters. The second-order valence-corrected chi connectivity index (χ2v) is 5.13. The van der Waals surface area contributed by atoms with Crippen molar-refractivity contribution in [2.75, 3.05) is 13.7 Å². The zero-order valence-electron chi connectivity index (χ0n) is 11.0. The van der Waals surface area contributed by atoms with Gasteiger partial charge in [-0.25, -0.2) is 0 Å². The van der Waals surface area contributed by atoms with E-state index in [0.29, 0.717) is 41.2 Å². The third-order valence-electron chi connectivity index (χ3n) is 2.83. The van der Waals surface area contributed by atoms with Crippen molar-refractivity contribution < 1.29 is 9.26 Å². The third kappa shape index (κ3) is 3.70. The predicted molar refractivity (Wildman–Crippen MR) is 77.0 cm³/mol. The molecule has 0 bridgehead atoms. The van der Waals surface area contributed by atoms with Crippen molar-refractivity contribution in [1.29, 1.82) is 0 Å². The van der Waals surface area contributed by atoms with Gasteiger partial charge in [0, 0.05) is 30.2 Å². The van der Waals surface area contributed by atoms with Crippen molar-refractivity contribution in [1.82, 2.24) is 10.1 Å². The fraction of sp³-hybridized carbons (Fsp3) is 0.385. The number of nitrogens with two attached hydrogens (primary N) is 1. The average Bonchev–Trinajstić information content (AvgIpc) is 2.89. The second kappa shape index (κ2) is 7.04. The first-order valence-corrected chi connectivity index (χ1v) is 6.87. The van der Waals surface area contributed by atoms with E-state index in [1.807, 2.05) is 0 Å². The summed E-state index contributed by atoms with van der Waals surface area (Å²) in [6.45, 7) is 0.537. The number of benzene rings is 1. The fourth-order valence-electron chi connectivity index (χ4n) is 1.72. The summed E-state index contributed by atoms with van der Waals surface area (Å²) in [4.78, 5) is 4.26. The molecule has 0 fully saturated rings. The van der Waals surface area contributed by atoms with Gasteiger partial charge in [-0.05, 0) is 24.1 Å². The van der Waals surface area contributed by atoms with E-state index >= 15 is 0 Å². The van der Waals surface area contributed by atoms with Gasteiger partial charge in [0.2, 0.25) is 5.89 Å². The average molecular weight is 316 g/mol. The normalized spacial score (nSPS) is 12.6. The zero-order chi connectivity index (χ0) is 14.5. The molecule has 2 aromatic rings. The van der Waals surface area contributed by atoms with Gasteiger partial charge in [-0.1, -0.05) is 34.4 Å². The Morgan fingerprint density at radius 3 is 2.70 bits per heavy atom. The first kappa shape index (κ1) is 15.3. The number of nitrogens with zero attached hydrogens (tertiary/aromatic N) is 2. The monoisotopic (exact) mass is 315 g/mol. The first-order chi connectivity index (χ1) is 9.61. The number of hydrogen-bond acceptors (Lipinski definition) is 5. The highest BCUT2D eigenvalue weighted by Gasteiger charge is 2.16. The van der Waals surface area contributed by atoms with Crippen molar-refractivity contribution in [2.24, 2.45) is 5.73 Å². The molecule has 108 valence electrons. The lowest BCUT2D eigenvalue weighted by Gasteiger charge is -2.04. The van der Waals surface area contributed by atoms with E-state index in [1.165, 1.54) is 0 Å². The molecule has 0 radical (unpaired) electrons. The molecule has 1 aromatic carbocycles. The molecule has 7 heteroatoms. The molecule has 0 amide bonds. The van der Waals surface area contributed by atoms with Crippen molar-refractivity contribution >= 4 is 23.2 Å². The largest absolute Gasteiger partial charge is 0.385 e. The second-order valence-electron chi connectivity index (χ2n) is 4.31. The lowest BCUT2D eigenvalue weighted by molar-refractivity contribution is 0.182. The standard InChI is InChI=1S/C13H15Cl2N3O2/c1-19-6-5-11(16)13-17-12(18-20-13)7-8-9(14)3-2-4-10(8)15/h2-4,11H,5-7,16H2,1H3. The zero-order valence-corrected chi connectivity index (χ0v) is 12.5. The van der Waals surface area contributed by atoms with Gasteiger partial charge in [0.1, 0.15) is 0 Å². The summed E-state index contributed by atoms with van der Waals surface area (Å²) in [6, 6.07) is 5.00. The molecule has 0 saturated heterocycles. The molecule has 1 heterocycles. The topological polar surface area (TPSA) is 74.2 Å². The highest BCUT2D eigenvalue weighted by Crippen LogP contribution is 2.26. The molecule has 0 saturated carbocycles. The van der Waals surface area contributed by atoms with E-state index < -0.39 is 0 Å². The molecular weight excluding hydrogens is 301 g/mol. The highest BCUT2D eigenvalue weighted by atomic mass is 35.5. The van der Waals surface area contributed by atoms with Crippen LogP contribution in [0.5, 0.6) is 0 Å². The molecule has 1 atom stereocenters. The van der Waals surface area contributed by atoms with Gasteiger partial charge in [0.15, 0.2) is 5.82 Å². The van der Waals surface area contributed by atoms with E-state index in [4.69, 9.17) is 38.2 Å². The number of rotatable bonds is 6. The lowest BCUT2D eigenvalue weighted by atomic mass is 10.1. The van der Waals surface area contributed by atoms with Crippen LogP contribution in [-0.4, -0.2) is 23.9 Å². The third-order valence-corrected chi connectivity index (χ3v) is 3.54. The summed E-state index contributed by atoms with van der Waals surface area (Å²) >= 11 is 12.2. The summed E-state index contributed by atoms with van der Waals surface area (Å²) < 4.78 is 10.1. The van der Waals surface area contributed by atoms with Crippen LogP contribution in [0, 0.1) is 0 Å². The Bertz CT molecular complexity index is 554. The van der Waals surface area contributed by atoms with E-state index in [-0.39, 0.29) is 6.04 Å². The Labute approximate surface area is 127 Å². The molecule has 2 rings (SSSR count). The van der Waals surface area contributed by atoms with Gasteiger partial charge >= 0.3 is 0 Å². The molecular formula is C13H15Cl2N3O2. The Morgan fingerprint density at radius 2 is 2.05 bits per heavy atom. The van der Waals surface area contributed by atoms with Crippen LogP contribution in [0.3, 0.4) is 0 Å². The van der Waals surface area contributed by atoms with Crippen molar-refractivity contribution in [3.8, 4) is 0 Å². The van der Waals surface area contributed by atoms with Crippen LogP contribution in [0.4, 0.5) is 0 Å². The minimum Gasteiger partial charge on any atom is -0.385 e. The maximum absolute atomic E-state index is 6.11. The van der Waals surface area contributed by atoms with Crippen LogP contribution in [0.2, 0.25) is 10.0 Å². The van der Waals surface area contributed by atoms with Gasteiger partial charge in [0.05, 0.1) is 6.04 Å². The first-order valence-electron chi connectivity index (χ1n) is 6.11. The minimum atomic E-state index is -0.335.